The van der Waals surface area contributed by atoms with Crippen LogP contribution in [-0.2, 0) is 27.4 Å². The van der Waals surface area contributed by atoms with Crippen molar-refractivity contribution in [3.8, 4) is 0 Å². The molecule has 0 radical (unpaired) electrons. The van der Waals surface area contributed by atoms with Gasteiger partial charge in [-0.1, -0.05) is 30.3 Å². The molecule has 224 valence electrons. The molecule has 1 saturated heterocycles. The molecule has 2 atom stereocenters. The molecule has 2 fully saturated rings. The molecule has 2 aromatic heterocycles. The highest BCUT2D eigenvalue weighted by molar-refractivity contribution is 6.02. The molecule has 0 bridgehead atoms. The van der Waals surface area contributed by atoms with E-state index in [2.05, 4.69) is 20.4 Å². The molecular formula is C27H28F4N6O5. The summed E-state index contributed by atoms with van der Waals surface area (Å²) in [4.78, 5) is 45.8. The first-order valence-electron chi connectivity index (χ1n) is 13.3. The average Bonchev–Trinajstić information content (AvgIpc) is 3.36. The predicted molar refractivity (Wildman–Crippen MR) is 137 cm³/mol. The Balaban J connectivity index is 1.39. The normalized spacial score (nSPS) is 22.7. The lowest BCUT2D eigenvalue weighted by Gasteiger charge is -2.36. The van der Waals surface area contributed by atoms with Gasteiger partial charge in [-0.05, 0) is 24.3 Å². The van der Waals surface area contributed by atoms with Crippen LogP contribution in [0.1, 0.15) is 55.1 Å². The molecule has 1 unspecified atom stereocenters. The Morgan fingerprint density at radius 3 is 2.55 bits per heavy atom. The van der Waals surface area contributed by atoms with E-state index in [9.17, 15) is 37.1 Å². The number of carbonyl (C=O) groups excluding carboxylic acids is 2. The lowest BCUT2D eigenvalue weighted by Crippen LogP contribution is -2.59. The van der Waals surface area contributed by atoms with Crippen LogP contribution in [0.2, 0.25) is 0 Å². The van der Waals surface area contributed by atoms with E-state index in [0.29, 0.717) is 0 Å². The number of rotatable bonds is 8. The van der Waals surface area contributed by atoms with Gasteiger partial charge in [0.15, 0.2) is 5.41 Å². The number of ether oxygens (including phenoxy) is 1. The van der Waals surface area contributed by atoms with Crippen LogP contribution in [0.3, 0.4) is 0 Å². The number of nitrogens with one attached hydrogen (secondary N) is 2. The fraction of sp³-hybridized carbons (Fsp3) is 0.481. The summed E-state index contributed by atoms with van der Waals surface area (Å²) >= 11 is 0. The molecule has 3 aromatic rings. The zero-order valence-corrected chi connectivity index (χ0v) is 22.2. The maximum Gasteiger partial charge on any atom is 0.408 e. The molecule has 1 aromatic carbocycles. The first kappa shape index (κ1) is 29.2. The second kappa shape index (κ2) is 11.2. The van der Waals surface area contributed by atoms with Crippen molar-refractivity contribution in [1.29, 1.82) is 0 Å². The number of carboxylic acids is 1. The number of imidazole rings is 1. The Bertz CT molecular complexity index is 1480. The van der Waals surface area contributed by atoms with Crippen LogP contribution in [0.5, 0.6) is 0 Å². The van der Waals surface area contributed by atoms with Crippen LogP contribution < -0.4 is 10.6 Å². The summed E-state index contributed by atoms with van der Waals surface area (Å²) in [5.74, 6) is -9.41. The van der Waals surface area contributed by atoms with Crippen LogP contribution in [0.15, 0.2) is 42.7 Å². The highest BCUT2D eigenvalue weighted by Crippen LogP contribution is 2.42. The summed E-state index contributed by atoms with van der Waals surface area (Å²) < 4.78 is 62.6. The Hall–Kier alpha value is -4.30. The fourth-order valence-corrected chi connectivity index (χ4v) is 5.45. The highest BCUT2D eigenvalue weighted by Gasteiger charge is 2.57. The highest BCUT2D eigenvalue weighted by atomic mass is 19.3. The van der Waals surface area contributed by atoms with Crippen LogP contribution in [0, 0.1) is 11.3 Å². The topological polar surface area (TPSA) is 148 Å². The largest absolute Gasteiger partial charge is 0.480 e. The molecule has 3 heterocycles. The second-order valence-corrected chi connectivity index (χ2v) is 10.8. The molecular weight excluding hydrogens is 564 g/mol. The van der Waals surface area contributed by atoms with E-state index in [-0.39, 0.29) is 49.5 Å². The van der Waals surface area contributed by atoms with Crippen LogP contribution in [0.25, 0.3) is 5.78 Å². The Kier molecular flexibility index (Phi) is 7.77. The van der Waals surface area contributed by atoms with E-state index in [4.69, 9.17) is 4.74 Å². The molecule has 1 aliphatic carbocycles. The van der Waals surface area contributed by atoms with Crippen LogP contribution in [-0.4, -0.2) is 61.0 Å². The minimum atomic E-state index is -3.43. The SMILES string of the molecule is O=C(N[C@H](c1cn2nc(CC3(C(=O)O)CC(F)(F)CNC3=O)cnc2n1)C1CCC(F)(F)CC1)OCc1ccccc1. The number of halogens is 4. The number of aliphatic carboxylic acids is 1. The van der Waals surface area contributed by atoms with Gasteiger partial charge in [-0.15, -0.1) is 0 Å². The lowest BCUT2D eigenvalue weighted by molar-refractivity contribution is -0.169. The zero-order chi connectivity index (χ0) is 30.1. The number of alkyl carbamates (subject to hydrolysis) is 1. The third-order valence-electron chi connectivity index (χ3n) is 7.69. The minimum Gasteiger partial charge on any atom is -0.480 e. The van der Waals surface area contributed by atoms with Gasteiger partial charge in [0.2, 0.25) is 11.8 Å². The van der Waals surface area contributed by atoms with E-state index in [1.54, 1.807) is 24.3 Å². The third-order valence-corrected chi connectivity index (χ3v) is 7.69. The first-order chi connectivity index (χ1) is 19.9. The number of amides is 2. The van der Waals surface area contributed by atoms with Gasteiger partial charge in [0.05, 0.1) is 36.4 Å². The molecule has 1 saturated carbocycles. The Morgan fingerprint density at radius 2 is 1.86 bits per heavy atom. The van der Waals surface area contributed by atoms with Crippen molar-refractivity contribution in [2.45, 2.75) is 63.0 Å². The van der Waals surface area contributed by atoms with Crippen LogP contribution >= 0.6 is 0 Å². The first-order valence-corrected chi connectivity index (χ1v) is 13.3. The second-order valence-electron chi connectivity index (χ2n) is 10.8. The number of carbonyl (C=O) groups is 3. The average molecular weight is 593 g/mol. The number of hydrogen-bond donors (Lipinski definition) is 3. The molecule has 1 aliphatic heterocycles. The Morgan fingerprint density at radius 1 is 1.14 bits per heavy atom. The van der Waals surface area contributed by atoms with Gasteiger partial charge >= 0.3 is 12.1 Å². The van der Waals surface area contributed by atoms with E-state index in [1.807, 2.05) is 11.4 Å². The van der Waals surface area contributed by atoms with Gasteiger partial charge in [0.1, 0.15) is 6.61 Å². The maximum absolute atomic E-state index is 14.1. The molecule has 11 nitrogen and oxygen atoms in total. The number of carboxylic acid groups (broad SMARTS) is 1. The summed E-state index contributed by atoms with van der Waals surface area (Å²) in [6, 6.07) is 8.10. The third kappa shape index (κ3) is 6.29. The molecule has 0 spiro atoms. The lowest BCUT2D eigenvalue weighted by atomic mass is 9.75. The molecule has 42 heavy (non-hydrogen) atoms. The predicted octanol–water partition coefficient (Wildman–Crippen LogP) is 3.69. The van der Waals surface area contributed by atoms with Gasteiger partial charge in [0, 0.05) is 25.7 Å². The summed E-state index contributed by atoms with van der Waals surface area (Å²) in [5, 5.41) is 18.7. The summed E-state index contributed by atoms with van der Waals surface area (Å²) in [6.45, 7) is -0.983. The summed E-state index contributed by atoms with van der Waals surface area (Å²) in [6.07, 6.45) is -0.669. The van der Waals surface area contributed by atoms with Crippen molar-refractivity contribution >= 4 is 23.7 Å². The van der Waals surface area contributed by atoms with E-state index in [0.717, 1.165) is 11.8 Å². The van der Waals surface area contributed by atoms with Crippen molar-refractivity contribution in [2.24, 2.45) is 11.3 Å². The molecule has 15 heteroatoms. The van der Waals surface area contributed by atoms with Gasteiger partial charge in [-0.25, -0.2) is 36.8 Å². The van der Waals surface area contributed by atoms with Gasteiger partial charge < -0.3 is 20.5 Å². The molecule has 2 aliphatic rings. The van der Waals surface area contributed by atoms with Crippen molar-refractivity contribution < 1.29 is 41.8 Å². The smallest absolute Gasteiger partial charge is 0.408 e. The zero-order valence-electron chi connectivity index (χ0n) is 22.2. The van der Waals surface area contributed by atoms with Crippen molar-refractivity contribution in [1.82, 2.24) is 30.2 Å². The van der Waals surface area contributed by atoms with E-state index in [1.165, 1.54) is 10.7 Å². The van der Waals surface area contributed by atoms with Crippen molar-refractivity contribution in [3.63, 3.8) is 0 Å². The minimum absolute atomic E-state index is 0.0162. The molecule has 3 N–H and O–H groups in total. The number of fused-ring (bicyclic) bond motifs is 1. The number of alkyl halides is 4. The quantitative estimate of drug-likeness (QED) is 0.265. The van der Waals surface area contributed by atoms with Crippen molar-refractivity contribution in [2.75, 3.05) is 6.54 Å². The maximum atomic E-state index is 14.1. The number of piperidine rings is 1. The summed E-state index contributed by atoms with van der Waals surface area (Å²) in [5.41, 5.74) is -1.54. The number of benzene rings is 1. The van der Waals surface area contributed by atoms with E-state index < -0.39 is 66.6 Å². The number of hydrogen-bond acceptors (Lipinski definition) is 7. The van der Waals surface area contributed by atoms with Gasteiger partial charge in [-0.3, -0.25) is 9.59 Å². The van der Waals surface area contributed by atoms with E-state index >= 15 is 0 Å². The monoisotopic (exact) mass is 592 g/mol. The molecule has 2 amide bonds. The van der Waals surface area contributed by atoms with Gasteiger partial charge in [-0.2, -0.15) is 5.10 Å². The van der Waals surface area contributed by atoms with Crippen molar-refractivity contribution in [3.05, 3.63) is 59.7 Å². The number of nitrogens with zero attached hydrogens (tertiary/aromatic N) is 4. The number of aromatic nitrogens is 4. The summed E-state index contributed by atoms with van der Waals surface area (Å²) in [7, 11) is 0. The fourth-order valence-electron chi connectivity index (χ4n) is 5.45. The van der Waals surface area contributed by atoms with Gasteiger partial charge in [0.25, 0.3) is 11.7 Å². The van der Waals surface area contributed by atoms with Crippen LogP contribution in [0.4, 0.5) is 22.4 Å². The molecule has 5 rings (SSSR count). The standard InChI is InChI=1S/C27H28F4N6O5/c28-26(29)8-6-17(7-9-26)20(35-24(41)42-13-16-4-2-1-3-5-16)19-12-37-23(34-19)32-11-18(36-37)10-25(22(39)40)14-27(30,31)15-33-21(25)38/h1-5,11-12,17,20H,6-10,13-15H2,(H,33,38)(H,35,41)(H,39,40)/t20-,25?/m0/s1. The Labute approximate surface area is 236 Å².